The van der Waals surface area contributed by atoms with Crippen LogP contribution in [0.1, 0.15) is 16.1 Å². The third-order valence-electron chi connectivity index (χ3n) is 2.84. The van der Waals surface area contributed by atoms with Crippen molar-refractivity contribution in [3.63, 3.8) is 0 Å². The van der Waals surface area contributed by atoms with Crippen molar-refractivity contribution >= 4 is 17.0 Å². The molecule has 2 aromatic heterocycles. The second-order valence-electron chi connectivity index (χ2n) is 4.07. The molecule has 6 heteroatoms. The van der Waals surface area contributed by atoms with Crippen LogP contribution < -0.4 is 0 Å². The summed E-state index contributed by atoms with van der Waals surface area (Å²) in [7, 11) is 0. The number of carbonyl (C=O) groups is 1. The Labute approximate surface area is 108 Å². The maximum atomic E-state index is 11.1. The molecule has 3 aromatic rings. The molecule has 0 unspecified atom stereocenters. The first kappa shape index (κ1) is 11.3. The molecule has 1 aromatic carbocycles. The molecule has 0 spiro atoms. The number of hydrogen-bond acceptors (Lipinski definition) is 4. The zero-order valence-corrected chi connectivity index (χ0v) is 9.89. The van der Waals surface area contributed by atoms with Crippen molar-refractivity contribution in [3.8, 4) is 0 Å². The lowest BCUT2D eigenvalue weighted by Crippen LogP contribution is -2.02. The van der Waals surface area contributed by atoms with Crippen LogP contribution in [-0.4, -0.2) is 30.8 Å². The van der Waals surface area contributed by atoms with Crippen molar-refractivity contribution in [2.75, 3.05) is 0 Å². The normalized spacial score (nSPS) is 10.7. The van der Waals surface area contributed by atoms with E-state index in [2.05, 4.69) is 15.2 Å². The first-order chi connectivity index (χ1) is 9.25. The molecule has 0 bridgehead atoms. The summed E-state index contributed by atoms with van der Waals surface area (Å²) in [6.45, 7) is 0.507. The van der Waals surface area contributed by atoms with Gasteiger partial charge in [-0.3, -0.25) is 0 Å². The van der Waals surface area contributed by atoms with E-state index in [4.69, 9.17) is 5.11 Å². The lowest BCUT2D eigenvalue weighted by Gasteiger charge is -2.03. The summed E-state index contributed by atoms with van der Waals surface area (Å²) < 4.78 is 1.85. The molecular formula is C13H10N4O2. The third-order valence-corrected chi connectivity index (χ3v) is 2.84. The number of fused-ring (bicyclic) bond motifs is 1. The predicted molar refractivity (Wildman–Crippen MR) is 67.8 cm³/mol. The van der Waals surface area contributed by atoms with Crippen LogP contribution in [0.15, 0.2) is 42.9 Å². The summed E-state index contributed by atoms with van der Waals surface area (Å²) in [5.41, 5.74) is 2.25. The molecular weight excluding hydrogens is 244 g/mol. The molecule has 0 aliphatic heterocycles. The van der Waals surface area contributed by atoms with Gasteiger partial charge in [-0.1, -0.05) is 6.07 Å². The minimum Gasteiger partial charge on any atom is -0.478 e. The van der Waals surface area contributed by atoms with Gasteiger partial charge in [0.05, 0.1) is 29.6 Å². The van der Waals surface area contributed by atoms with Crippen LogP contribution >= 0.6 is 0 Å². The highest BCUT2D eigenvalue weighted by Crippen LogP contribution is 2.18. The van der Waals surface area contributed by atoms with Gasteiger partial charge in [0.15, 0.2) is 0 Å². The van der Waals surface area contributed by atoms with Crippen LogP contribution in [0.5, 0.6) is 0 Å². The Morgan fingerprint density at radius 3 is 2.89 bits per heavy atom. The second-order valence-corrected chi connectivity index (χ2v) is 4.07. The number of hydrogen-bond donors (Lipinski definition) is 1. The summed E-state index contributed by atoms with van der Waals surface area (Å²) in [4.78, 5) is 15.3. The van der Waals surface area contributed by atoms with Gasteiger partial charge < -0.3 is 9.67 Å². The summed E-state index contributed by atoms with van der Waals surface area (Å²) in [6, 6.07) is 8.76. The summed E-state index contributed by atoms with van der Waals surface area (Å²) in [6.07, 6.45) is 3.23. The number of benzene rings is 1. The molecule has 0 aliphatic carbocycles. The fourth-order valence-electron chi connectivity index (χ4n) is 1.98. The van der Waals surface area contributed by atoms with Crippen LogP contribution in [0.25, 0.3) is 11.0 Å². The smallest absolute Gasteiger partial charge is 0.337 e. The van der Waals surface area contributed by atoms with Crippen molar-refractivity contribution in [1.29, 1.82) is 0 Å². The Kier molecular flexibility index (Phi) is 2.68. The molecule has 6 nitrogen and oxygen atoms in total. The summed E-state index contributed by atoms with van der Waals surface area (Å²) >= 11 is 0. The Morgan fingerprint density at radius 2 is 2.16 bits per heavy atom. The Hall–Kier alpha value is -2.76. The lowest BCUT2D eigenvalue weighted by molar-refractivity contribution is 0.0699. The minimum atomic E-state index is -0.977. The van der Waals surface area contributed by atoms with E-state index in [1.54, 1.807) is 24.7 Å². The first-order valence-electron chi connectivity index (χ1n) is 5.69. The Bertz CT molecular complexity index is 737. The van der Waals surface area contributed by atoms with Gasteiger partial charge >= 0.3 is 5.97 Å². The van der Waals surface area contributed by atoms with Crippen molar-refractivity contribution in [1.82, 2.24) is 19.7 Å². The molecule has 0 fully saturated rings. The molecule has 19 heavy (non-hydrogen) atoms. The van der Waals surface area contributed by atoms with Gasteiger partial charge in [0.2, 0.25) is 0 Å². The Balaban J connectivity index is 2.07. The largest absolute Gasteiger partial charge is 0.478 e. The molecule has 0 aliphatic rings. The average Bonchev–Trinajstić information content (AvgIpc) is 2.83. The van der Waals surface area contributed by atoms with E-state index in [0.717, 1.165) is 11.2 Å². The fourth-order valence-corrected chi connectivity index (χ4v) is 1.98. The highest BCUT2D eigenvalue weighted by Gasteiger charge is 2.12. The Morgan fingerprint density at radius 1 is 1.26 bits per heavy atom. The molecule has 94 valence electrons. The van der Waals surface area contributed by atoms with Gasteiger partial charge in [-0.2, -0.15) is 10.2 Å². The fraction of sp³-hybridized carbons (Fsp3) is 0.0769. The van der Waals surface area contributed by atoms with E-state index < -0.39 is 5.97 Å². The lowest BCUT2D eigenvalue weighted by atomic mass is 10.2. The zero-order valence-electron chi connectivity index (χ0n) is 9.89. The highest BCUT2D eigenvalue weighted by atomic mass is 16.4. The van der Waals surface area contributed by atoms with Crippen LogP contribution in [0.4, 0.5) is 0 Å². The van der Waals surface area contributed by atoms with Gasteiger partial charge in [-0.25, -0.2) is 9.78 Å². The number of nitrogens with zero attached hydrogens (tertiary/aromatic N) is 4. The molecule has 2 heterocycles. The van der Waals surface area contributed by atoms with Gasteiger partial charge in [0, 0.05) is 6.20 Å². The number of para-hydroxylation sites is 1. The van der Waals surface area contributed by atoms with Crippen molar-refractivity contribution in [2.45, 2.75) is 6.54 Å². The molecule has 3 rings (SSSR count). The minimum absolute atomic E-state index is 0.204. The molecule has 0 atom stereocenters. The van der Waals surface area contributed by atoms with Crippen LogP contribution in [-0.2, 0) is 6.54 Å². The molecule has 0 saturated carbocycles. The first-order valence-corrected chi connectivity index (χ1v) is 5.69. The monoisotopic (exact) mass is 254 g/mol. The predicted octanol–water partition coefficient (Wildman–Crippen LogP) is 1.57. The van der Waals surface area contributed by atoms with Crippen LogP contribution in [0.2, 0.25) is 0 Å². The van der Waals surface area contributed by atoms with E-state index in [1.165, 1.54) is 0 Å². The second kappa shape index (κ2) is 4.49. The standard InChI is InChI=1S/C13H10N4O2/c18-13(19)10-4-1-5-11-12(10)14-8-17(11)7-9-3-2-6-15-16-9/h1-6,8H,7H2,(H,18,19). The van der Waals surface area contributed by atoms with Crippen molar-refractivity contribution < 1.29 is 9.90 Å². The van der Waals surface area contributed by atoms with Gasteiger partial charge in [-0.15, -0.1) is 0 Å². The molecule has 0 saturated heterocycles. The van der Waals surface area contributed by atoms with E-state index in [0.29, 0.717) is 12.1 Å². The number of rotatable bonds is 3. The van der Waals surface area contributed by atoms with Crippen molar-refractivity contribution in [2.24, 2.45) is 0 Å². The average molecular weight is 254 g/mol. The van der Waals surface area contributed by atoms with E-state index in [1.807, 2.05) is 22.8 Å². The number of imidazole rings is 1. The zero-order chi connectivity index (χ0) is 13.2. The highest BCUT2D eigenvalue weighted by molar-refractivity contribution is 6.00. The summed E-state index contributed by atoms with van der Waals surface area (Å²) in [5, 5.41) is 16.9. The molecule has 0 radical (unpaired) electrons. The van der Waals surface area contributed by atoms with E-state index in [-0.39, 0.29) is 5.56 Å². The maximum absolute atomic E-state index is 11.1. The van der Waals surface area contributed by atoms with Crippen molar-refractivity contribution in [3.05, 3.63) is 54.1 Å². The molecule has 0 amide bonds. The van der Waals surface area contributed by atoms with Crippen LogP contribution in [0.3, 0.4) is 0 Å². The quantitative estimate of drug-likeness (QED) is 0.767. The number of carboxylic acids is 1. The number of aromatic carboxylic acids is 1. The topological polar surface area (TPSA) is 80.9 Å². The maximum Gasteiger partial charge on any atom is 0.337 e. The molecule has 1 N–H and O–H groups in total. The number of carboxylic acid groups (broad SMARTS) is 1. The van der Waals surface area contributed by atoms with Gasteiger partial charge in [0.25, 0.3) is 0 Å². The van der Waals surface area contributed by atoms with E-state index >= 15 is 0 Å². The SMILES string of the molecule is O=C(O)c1cccc2c1ncn2Cc1cccnn1. The third kappa shape index (κ3) is 2.03. The van der Waals surface area contributed by atoms with E-state index in [9.17, 15) is 4.79 Å². The summed E-state index contributed by atoms with van der Waals surface area (Å²) in [5.74, 6) is -0.977. The van der Waals surface area contributed by atoms with Gasteiger partial charge in [-0.05, 0) is 24.3 Å². The van der Waals surface area contributed by atoms with Gasteiger partial charge in [0.1, 0.15) is 5.52 Å². The number of aromatic nitrogens is 4. The van der Waals surface area contributed by atoms with Crippen LogP contribution in [0, 0.1) is 0 Å².